The highest BCUT2D eigenvalue weighted by Gasteiger charge is 2.38. The fourth-order valence-corrected chi connectivity index (χ4v) is 3.44. The van der Waals surface area contributed by atoms with E-state index in [-0.39, 0.29) is 34.5 Å². The Labute approximate surface area is 176 Å². The van der Waals surface area contributed by atoms with Gasteiger partial charge in [-0.25, -0.2) is 15.8 Å². The molecular formula is C19H16ClN5O3S. The van der Waals surface area contributed by atoms with Crippen molar-refractivity contribution in [1.82, 2.24) is 5.01 Å². The predicted octanol–water partition coefficient (Wildman–Crippen LogP) is 3.56. The smallest absolute Gasteiger partial charge is 0.351 e. The maximum Gasteiger partial charge on any atom is 0.351 e. The third-order valence-electron chi connectivity index (χ3n) is 4.09. The Bertz CT molecular complexity index is 1040. The SMILES string of the molecule is CSC1N=C(Cc2ccccc2)C([N+](=O)[O-])=C(Oc2cc(C#N)ccc2Cl)N1N. The van der Waals surface area contributed by atoms with Crippen molar-refractivity contribution in [3.63, 3.8) is 0 Å². The average molecular weight is 430 g/mol. The van der Waals surface area contributed by atoms with Crippen LogP contribution in [0.5, 0.6) is 5.75 Å². The van der Waals surface area contributed by atoms with Gasteiger partial charge in [0.1, 0.15) is 11.5 Å². The molecule has 2 aromatic rings. The predicted molar refractivity (Wildman–Crippen MR) is 112 cm³/mol. The van der Waals surface area contributed by atoms with Gasteiger partial charge in [-0.2, -0.15) is 5.26 Å². The van der Waals surface area contributed by atoms with E-state index in [2.05, 4.69) is 4.99 Å². The number of hydrogen-bond acceptors (Lipinski definition) is 8. The summed E-state index contributed by atoms with van der Waals surface area (Å²) in [6.07, 6.45) is 2.02. The van der Waals surface area contributed by atoms with Crippen LogP contribution in [-0.4, -0.2) is 27.4 Å². The number of hydrazine groups is 1. The molecule has 0 bridgehead atoms. The number of nitro groups is 1. The highest BCUT2D eigenvalue weighted by atomic mass is 35.5. The van der Waals surface area contributed by atoms with Gasteiger partial charge in [-0.1, -0.05) is 41.9 Å². The Kier molecular flexibility index (Phi) is 6.39. The molecule has 0 saturated carbocycles. The second kappa shape index (κ2) is 8.96. The van der Waals surface area contributed by atoms with Crippen LogP contribution in [0.15, 0.2) is 65.1 Å². The van der Waals surface area contributed by atoms with Crippen molar-refractivity contribution in [1.29, 1.82) is 5.26 Å². The number of allylic oxidation sites excluding steroid dienone is 1. The molecule has 8 nitrogen and oxygen atoms in total. The van der Waals surface area contributed by atoms with Gasteiger partial charge >= 0.3 is 5.70 Å². The highest BCUT2D eigenvalue weighted by Crippen LogP contribution is 2.32. The second-order valence-corrected chi connectivity index (χ2v) is 7.28. The van der Waals surface area contributed by atoms with Crippen LogP contribution in [0, 0.1) is 21.4 Å². The minimum Gasteiger partial charge on any atom is -0.432 e. The fourth-order valence-electron chi connectivity index (χ4n) is 2.73. The monoisotopic (exact) mass is 429 g/mol. The summed E-state index contributed by atoms with van der Waals surface area (Å²) in [6, 6.07) is 15.7. The maximum atomic E-state index is 11.9. The number of rotatable bonds is 6. The Morgan fingerprint density at radius 3 is 2.72 bits per heavy atom. The van der Waals surface area contributed by atoms with Gasteiger partial charge in [-0.05, 0) is 24.0 Å². The molecule has 0 aliphatic carbocycles. The van der Waals surface area contributed by atoms with Crippen molar-refractivity contribution >= 4 is 29.1 Å². The molecule has 10 heteroatoms. The van der Waals surface area contributed by atoms with E-state index < -0.39 is 10.4 Å². The number of aliphatic imine (C=N–C) groups is 1. The van der Waals surface area contributed by atoms with Crippen LogP contribution in [0.3, 0.4) is 0 Å². The zero-order valence-electron chi connectivity index (χ0n) is 15.3. The van der Waals surface area contributed by atoms with E-state index in [1.54, 1.807) is 6.26 Å². The molecule has 0 aromatic heterocycles. The van der Waals surface area contributed by atoms with Crippen molar-refractivity contribution < 1.29 is 9.66 Å². The fraction of sp³-hybridized carbons (Fsp3) is 0.158. The van der Waals surface area contributed by atoms with E-state index in [4.69, 9.17) is 27.4 Å². The van der Waals surface area contributed by atoms with Crippen LogP contribution < -0.4 is 10.6 Å². The van der Waals surface area contributed by atoms with Gasteiger partial charge in [-0.15, -0.1) is 11.8 Å². The Morgan fingerprint density at radius 2 is 2.10 bits per heavy atom. The first-order chi connectivity index (χ1) is 13.9. The van der Waals surface area contributed by atoms with E-state index in [1.807, 2.05) is 36.4 Å². The van der Waals surface area contributed by atoms with Crippen LogP contribution in [0.25, 0.3) is 0 Å². The van der Waals surface area contributed by atoms with Crippen molar-refractivity contribution in [2.24, 2.45) is 10.8 Å². The van der Waals surface area contributed by atoms with Crippen LogP contribution in [0.1, 0.15) is 11.1 Å². The molecule has 1 atom stereocenters. The lowest BCUT2D eigenvalue weighted by Crippen LogP contribution is -2.45. The molecule has 0 amide bonds. The minimum atomic E-state index is -0.620. The Balaban J connectivity index is 2.09. The lowest BCUT2D eigenvalue weighted by atomic mass is 10.1. The van der Waals surface area contributed by atoms with E-state index >= 15 is 0 Å². The number of nitrogens with zero attached hydrogens (tertiary/aromatic N) is 4. The number of thioether (sulfide) groups is 1. The standard InChI is InChI=1S/C19H16ClN5O3S/c1-29-19-23-15(9-12-5-3-2-4-6-12)17(25(26)27)18(24(19)22)28-16-10-13(11-21)7-8-14(16)20/h2-8,10,19H,9,22H2,1H3. The van der Waals surface area contributed by atoms with Crippen molar-refractivity contribution in [2.75, 3.05) is 6.26 Å². The third kappa shape index (κ3) is 4.51. The first kappa shape index (κ1) is 20.7. The number of ether oxygens (including phenoxy) is 1. The lowest BCUT2D eigenvalue weighted by Gasteiger charge is -2.30. The molecule has 3 rings (SSSR count). The second-order valence-electron chi connectivity index (χ2n) is 5.98. The molecule has 0 radical (unpaired) electrons. The number of benzene rings is 2. The largest absolute Gasteiger partial charge is 0.432 e. The topological polar surface area (TPSA) is 118 Å². The molecule has 148 valence electrons. The molecule has 0 saturated heterocycles. The quantitative estimate of drug-likeness (QED) is 0.423. The van der Waals surface area contributed by atoms with Crippen molar-refractivity contribution in [3.8, 4) is 11.8 Å². The summed E-state index contributed by atoms with van der Waals surface area (Å²) >= 11 is 7.46. The first-order valence-electron chi connectivity index (χ1n) is 8.38. The van der Waals surface area contributed by atoms with E-state index in [9.17, 15) is 10.1 Å². The summed E-state index contributed by atoms with van der Waals surface area (Å²) in [6.45, 7) is 0. The summed E-state index contributed by atoms with van der Waals surface area (Å²) in [5.41, 5.74) is 0.432. The normalized spacial score (nSPS) is 16.3. The van der Waals surface area contributed by atoms with Crippen LogP contribution >= 0.6 is 23.4 Å². The number of halogens is 1. The number of nitrogens with two attached hydrogens (primary N) is 1. The van der Waals surface area contributed by atoms with Gasteiger partial charge in [-0.3, -0.25) is 10.1 Å². The van der Waals surface area contributed by atoms with Crippen LogP contribution in [-0.2, 0) is 6.42 Å². The minimum absolute atomic E-state index is 0.0938. The number of hydrogen-bond donors (Lipinski definition) is 1. The van der Waals surface area contributed by atoms with E-state index in [1.165, 1.54) is 30.0 Å². The summed E-state index contributed by atoms with van der Waals surface area (Å²) in [5.74, 6) is 6.00. The van der Waals surface area contributed by atoms with Gasteiger partial charge in [0.15, 0.2) is 5.50 Å². The van der Waals surface area contributed by atoms with Crippen molar-refractivity contribution in [2.45, 2.75) is 11.9 Å². The van der Waals surface area contributed by atoms with Gasteiger partial charge in [0, 0.05) is 12.5 Å². The lowest BCUT2D eigenvalue weighted by molar-refractivity contribution is -0.419. The molecule has 0 fully saturated rings. The molecule has 2 aromatic carbocycles. The van der Waals surface area contributed by atoms with Gasteiger partial charge < -0.3 is 4.74 Å². The van der Waals surface area contributed by atoms with Crippen LogP contribution in [0.4, 0.5) is 0 Å². The zero-order valence-corrected chi connectivity index (χ0v) is 16.9. The summed E-state index contributed by atoms with van der Waals surface area (Å²) in [7, 11) is 0. The molecule has 1 unspecified atom stereocenters. The molecule has 2 N–H and O–H groups in total. The average Bonchev–Trinajstić information content (AvgIpc) is 2.72. The Morgan fingerprint density at radius 1 is 1.38 bits per heavy atom. The first-order valence-corrected chi connectivity index (χ1v) is 10.0. The van der Waals surface area contributed by atoms with Gasteiger partial charge in [0.05, 0.1) is 21.6 Å². The number of nitriles is 1. The van der Waals surface area contributed by atoms with Gasteiger partial charge in [0.2, 0.25) is 0 Å². The van der Waals surface area contributed by atoms with E-state index in [0.717, 1.165) is 10.6 Å². The van der Waals surface area contributed by atoms with Gasteiger partial charge in [0.25, 0.3) is 5.88 Å². The summed E-state index contributed by atoms with van der Waals surface area (Å²) < 4.78 is 5.78. The molecular weight excluding hydrogens is 414 g/mol. The molecule has 0 spiro atoms. The van der Waals surface area contributed by atoms with E-state index in [0.29, 0.717) is 5.56 Å². The molecule has 1 heterocycles. The zero-order chi connectivity index (χ0) is 21.0. The maximum absolute atomic E-state index is 11.9. The third-order valence-corrected chi connectivity index (χ3v) is 5.16. The summed E-state index contributed by atoms with van der Waals surface area (Å²) in [4.78, 5) is 15.8. The highest BCUT2D eigenvalue weighted by molar-refractivity contribution is 7.99. The Hall–Kier alpha value is -3.06. The summed E-state index contributed by atoms with van der Waals surface area (Å²) in [5, 5.41) is 22.3. The van der Waals surface area contributed by atoms with Crippen molar-refractivity contribution in [3.05, 3.63) is 86.4 Å². The van der Waals surface area contributed by atoms with Crippen LogP contribution in [0.2, 0.25) is 5.02 Å². The molecule has 1 aliphatic rings. The molecule has 29 heavy (non-hydrogen) atoms. The molecule has 1 aliphatic heterocycles.